The molecule has 4 rings (SSSR count). The minimum atomic E-state index is -4.95. The Bertz CT molecular complexity index is 1510. The summed E-state index contributed by atoms with van der Waals surface area (Å²) in [6.07, 6.45) is -1.99. The van der Waals surface area contributed by atoms with E-state index < -0.39 is 53.3 Å². The third-order valence-corrected chi connectivity index (χ3v) is 6.73. The average Bonchev–Trinajstić information content (AvgIpc) is 2.94. The van der Waals surface area contributed by atoms with E-state index in [4.69, 9.17) is 4.74 Å². The van der Waals surface area contributed by atoms with Crippen molar-refractivity contribution in [2.24, 2.45) is 5.92 Å². The Hall–Kier alpha value is -4.28. The molecule has 0 radical (unpaired) electrons. The van der Waals surface area contributed by atoms with E-state index in [-0.39, 0.29) is 34.8 Å². The summed E-state index contributed by atoms with van der Waals surface area (Å²) in [6.45, 7) is 3.32. The van der Waals surface area contributed by atoms with Gasteiger partial charge in [0.05, 0.1) is 11.6 Å². The van der Waals surface area contributed by atoms with Gasteiger partial charge in [0.2, 0.25) is 0 Å². The van der Waals surface area contributed by atoms with Crippen molar-refractivity contribution in [3.63, 3.8) is 0 Å². The topological polar surface area (TPSA) is 47.6 Å². The number of rotatable bonds is 11. The Labute approximate surface area is 243 Å². The molecule has 1 unspecified atom stereocenters. The van der Waals surface area contributed by atoms with Crippen molar-refractivity contribution in [2.45, 2.75) is 50.9 Å². The molecule has 0 aromatic heterocycles. The molecule has 43 heavy (non-hydrogen) atoms. The molecule has 0 heterocycles. The number of carbonyl (C=O) groups is 1. The van der Waals surface area contributed by atoms with Gasteiger partial charge in [-0.2, -0.15) is 17.6 Å². The number of hydrogen-bond donors (Lipinski definition) is 1. The molecule has 0 spiro atoms. The van der Waals surface area contributed by atoms with Gasteiger partial charge >= 0.3 is 12.5 Å². The summed E-state index contributed by atoms with van der Waals surface area (Å²) in [5.74, 6) is -4.70. The molecule has 0 fully saturated rings. The summed E-state index contributed by atoms with van der Waals surface area (Å²) in [7, 11) is 0. The van der Waals surface area contributed by atoms with Gasteiger partial charge in [0.15, 0.2) is 11.6 Å². The number of amides is 1. The maximum Gasteiger partial charge on any atom is 0.461 e. The molecule has 2 atom stereocenters. The molecule has 0 bridgehead atoms. The lowest BCUT2D eigenvalue weighted by molar-refractivity contribution is -0.253. The fourth-order valence-electron chi connectivity index (χ4n) is 4.82. The number of hydrogen-bond acceptors (Lipinski definition) is 3. The molecule has 11 heteroatoms. The third-order valence-electron chi connectivity index (χ3n) is 6.73. The first-order chi connectivity index (χ1) is 20.3. The number of carbonyl (C=O) groups excluding carboxylic acids is 1. The second-order valence-corrected chi connectivity index (χ2v) is 10.3. The van der Waals surface area contributed by atoms with Crippen LogP contribution < -0.4 is 14.8 Å². The van der Waals surface area contributed by atoms with Gasteiger partial charge in [-0.05, 0) is 92.3 Å². The summed E-state index contributed by atoms with van der Waals surface area (Å²) in [5.41, 5.74) is -1.79. The molecule has 228 valence electrons. The van der Waals surface area contributed by atoms with Crippen LogP contribution in [0.25, 0.3) is 0 Å². The van der Waals surface area contributed by atoms with E-state index in [0.717, 1.165) is 30.3 Å². The van der Waals surface area contributed by atoms with Crippen molar-refractivity contribution in [2.75, 3.05) is 0 Å². The Balaban J connectivity index is 1.97. The Kier molecular flexibility index (Phi) is 9.52. The molecule has 1 aliphatic rings. The fourth-order valence-corrected chi connectivity index (χ4v) is 4.82. The van der Waals surface area contributed by atoms with Crippen LogP contribution in [-0.2, 0) is 5.54 Å². The minimum Gasteiger partial charge on any atom is -0.488 e. The second-order valence-electron chi connectivity index (χ2n) is 10.3. The summed E-state index contributed by atoms with van der Waals surface area (Å²) < 4.78 is 107. The van der Waals surface area contributed by atoms with Crippen molar-refractivity contribution < 1.29 is 45.0 Å². The maximum atomic E-state index is 15.1. The van der Waals surface area contributed by atoms with Gasteiger partial charge in [-0.1, -0.05) is 30.4 Å². The smallest absolute Gasteiger partial charge is 0.461 e. The summed E-state index contributed by atoms with van der Waals surface area (Å²) in [4.78, 5) is 13.7. The molecular formula is C32H28F7NO3. The van der Waals surface area contributed by atoms with E-state index in [1.165, 1.54) is 24.3 Å². The molecule has 0 aliphatic heterocycles. The maximum absolute atomic E-state index is 15.1. The normalized spacial score (nSPS) is 16.3. The highest BCUT2D eigenvalue weighted by atomic mass is 19.3. The Morgan fingerprint density at radius 3 is 2.28 bits per heavy atom. The van der Waals surface area contributed by atoms with Crippen LogP contribution in [0, 0.1) is 23.4 Å². The highest BCUT2D eigenvalue weighted by Crippen LogP contribution is 2.42. The van der Waals surface area contributed by atoms with Crippen molar-refractivity contribution in [3.8, 4) is 11.5 Å². The van der Waals surface area contributed by atoms with E-state index in [0.29, 0.717) is 12.5 Å². The largest absolute Gasteiger partial charge is 0.488 e. The first-order valence-corrected chi connectivity index (χ1v) is 13.3. The zero-order valence-electron chi connectivity index (χ0n) is 23.1. The van der Waals surface area contributed by atoms with E-state index >= 15 is 4.39 Å². The number of benzene rings is 3. The number of halogens is 7. The number of ether oxygens (including phenoxy) is 2. The molecule has 1 aliphatic carbocycles. The van der Waals surface area contributed by atoms with Crippen LogP contribution in [0.2, 0.25) is 0 Å². The summed E-state index contributed by atoms with van der Waals surface area (Å²) in [6, 6.07) is 10.6. The Morgan fingerprint density at radius 1 is 0.930 bits per heavy atom. The zero-order valence-corrected chi connectivity index (χ0v) is 23.1. The van der Waals surface area contributed by atoms with Crippen molar-refractivity contribution in [3.05, 3.63) is 119 Å². The number of alkyl halides is 4. The summed E-state index contributed by atoms with van der Waals surface area (Å²) in [5, 5.41) is 2.83. The minimum absolute atomic E-state index is 0.00253. The molecule has 4 nitrogen and oxygen atoms in total. The van der Waals surface area contributed by atoms with Crippen LogP contribution in [0.15, 0.2) is 85.0 Å². The van der Waals surface area contributed by atoms with E-state index in [9.17, 15) is 31.1 Å². The molecule has 1 amide bonds. The lowest BCUT2D eigenvalue weighted by Crippen LogP contribution is -2.48. The highest BCUT2D eigenvalue weighted by Gasteiger charge is 2.45. The second kappa shape index (κ2) is 12.9. The van der Waals surface area contributed by atoms with Crippen LogP contribution >= 0.6 is 0 Å². The van der Waals surface area contributed by atoms with Crippen LogP contribution in [0.1, 0.15) is 48.2 Å². The van der Waals surface area contributed by atoms with Crippen LogP contribution in [0.3, 0.4) is 0 Å². The third kappa shape index (κ3) is 7.57. The molecule has 0 saturated heterocycles. The molecule has 3 aromatic carbocycles. The van der Waals surface area contributed by atoms with Crippen molar-refractivity contribution >= 4 is 5.91 Å². The lowest BCUT2D eigenvalue weighted by atomic mass is 9.74. The predicted molar refractivity (Wildman–Crippen MR) is 146 cm³/mol. The van der Waals surface area contributed by atoms with Gasteiger partial charge in [0.25, 0.3) is 5.91 Å². The van der Waals surface area contributed by atoms with Crippen LogP contribution in [0.4, 0.5) is 30.7 Å². The van der Waals surface area contributed by atoms with E-state index in [1.807, 2.05) is 12.2 Å². The highest BCUT2D eigenvalue weighted by molar-refractivity contribution is 5.95. The predicted octanol–water partition coefficient (Wildman–Crippen LogP) is 8.32. The SMILES string of the molecule is CC(C)Oc1cc([C@@](CC2C=CC=CC2)(NC(=O)c2ccc(F)cc2)c2cc(F)cc(OC(F)(F)C(F)F)c2)ccc1F. The van der Waals surface area contributed by atoms with Crippen LogP contribution in [-0.4, -0.2) is 24.5 Å². The van der Waals surface area contributed by atoms with Gasteiger partial charge in [-0.15, -0.1) is 0 Å². The molecule has 3 aromatic rings. The standard InChI is InChI=1S/C32H28F7NO3/c1-19(2)42-28-16-22(10-13-27(28)35)31(18-20-6-4-3-5-7-20,40-29(41)21-8-11-24(33)12-9-21)23-14-25(34)17-26(15-23)43-32(38,39)30(36)37/h3-6,8-17,19-20,30H,7,18H2,1-2H3,(H,40,41)/t20?,31-/m1/s1. The number of nitrogens with one attached hydrogen (secondary N) is 1. The first kappa shape index (κ1) is 31.7. The van der Waals surface area contributed by atoms with Gasteiger partial charge in [0, 0.05) is 11.6 Å². The quantitative estimate of drug-likeness (QED) is 0.223. The van der Waals surface area contributed by atoms with Gasteiger partial charge in [-0.3, -0.25) is 4.79 Å². The van der Waals surface area contributed by atoms with Crippen molar-refractivity contribution in [1.29, 1.82) is 0 Å². The first-order valence-electron chi connectivity index (χ1n) is 13.3. The van der Waals surface area contributed by atoms with E-state index in [2.05, 4.69) is 10.1 Å². The summed E-state index contributed by atoms with van der Waals surface area (Å²) >= 11 is 0. The fraction of sp³-hybridized carbons (Fsp3) is 0.281. The monoisotopic (exact) mass is 607 g/mol. The molecule has 1 N–H and O–H groups in total. The average molecular weight is 608 g/mol. The zero-order chi connectivity index (χ0) is 31.4. The van der Waals surface area contributed by atoms with Crippen molar-refractivity contribution in [1.82, 2.24) is 5.32 Å². The lowest BCUT2D eigenvalue weighted by Gasteiger charge is -2.39. The number of allylic oxidation sites excluding steroid dienone is 4. The Morgan fingerprint density at radius 2 is 1.65 bits per heavy atom. The van der Waals surface area contributed by atoms with Gasteiger partial charge in [0.1, 0.15) is 17.4 Å². The van der Waals surface area contributed by atoms with Crippen LogP contribution in [0.5, 0.6) is 11.5 Å². The molecule has 0 saturated carbocycles. The molecular weight excluding hydrogens is 579 g/mol. The van der Waals surface area contributed by atoms with E-state index in [1.54, 1.807) is 26.0 Å². The van der Waals surface area contributed by atoms with Gasteiger partial charge < -0.3 is 14.8 Å². The van der Waals surface area contributed by atoms with Gasteiger partial charge in [-0.25, -0.2) is 13.2 Å².